The van der Waals surface area contributed by atoms with Crippen molar-refractivity contribution >= 4 is 33.4 Å². The maximum Gasteiger partial charge on any atom is 0.330 e. The molecule has 1 atom stereocenters. The normalized spacial score (nSPS) is 16.3. The first-order chi connectivity index (χ1) is 16.4. The Balaban J connectivity index is 1.87. The van der Waals surface area contributed by atoms with Crippen molar-refractivity contribution in [1.29, 1.82) is 0 Å². The third kappa shape index (κ3) is 4.46. The topological polar surface area (TPSA) is 82.1 Å². The van der Waals surface area contributed by atoms with Crippen molar-refractivity contribution in [2.75, 3.05) is 27.9 Å². The molecule has 1 aromatic heterocycles. The van der Waals surface area contributed by atoms with E-state index < -0.39 is 22.0 Å². The van der Waals surface area contributed by atoms with Gasteiger partial charge in [0.25, 0.3) is 0 Å². The maximum absolute atomic E-state index is 14.2. The predicted molar refractivity (Wildman–Crippen MR) is 131 cm³/mol. The van der Waals surface area contributed by atoms with Gasteiger partial charge in [-0.1, -0.05) is 30.3 Å². The number of nitrogens with zero attached hydrogens (tertiary/aromatic N) is 1. The van der Waals surface area contributed by atoms with Crippen molar-refractivity contribution in [3.05, 3.63) is 81.6 Å². The van der Waals surface area contributed by atoms with Crippen LogP contribution in [-0.4, -0.2) is 46.6 Å². The number of carbonyl (C=O) groups excluding carboxylic acids is 1. The van der Waals surface area contributed by atoms with E-state index in [0.29, 0.717) is 18.5 Å². The van der Waals surface area contributed by atoms with Gasteiger partial charge in [0.05, 0.1) is 27.4 Å². The van der Waals surface area contributed by atoms with E-state index >= 15 is 0 Å². The van der Waals surface area contributed by atoms with Crippen LogP contribution in [-0.2, 0) is 26.0 Å². The molecule has 0 amide bonds. The lowest BCUT2D eigenvalue weighted by Gasteiger charge is -2.35. The SMILES string of the molecule is COC(=O)/C=C/c1cc(OC)c(OC)c(S(=O)(=O)N2CCc3sccc3C2c2ccccc2)c1. The molecule has 9 heteroatoms. The Bertz CT molecular complexity index is 1310. The molecule has 0 fully saturated rings. The van der Waals surface area contributed by atoms with E-state index in [4.69, 9.17) is 9.47 Å². The fourth-order valence-electron chi connectivity index (χ4n) is 4.13. The fourth-order valence-corrected chi connectivity index (χ4v) is 6.83. The number of hydrogen-bond donors (Lipinski definition) is 0. The number of esters is 1. The highest BCUT2D eigenvalue weighted by Crippen LogP contribution is 2.44. The predicted octanol–water partition coefficient (Wildman–Crippen LogP) is 4.29. The minimum absolute atomic E-state index is 0.0292. The van der Waals surface area contributed by atoms with Crippen molar-refractivity contribution in [1.82, 2.24) is 4.31 Å². The average Bonchev–Trinajstić information content (AvgIpc) is 3.35. The molecule has 0 spiro atoms. The molecule has 3 aromatic rings. The molecule has 0 aliphatic carbocycles. The summed E-state index contributed by atoms with van der Waals surface area (Å²) in [6, 6.07) is 14.2. The molecule has 178 valence electrons. The lowest BCUT2D eigenvalue weighted by molar-refractivity contribution is -0.134. The molecule has 0 N–H and O–H groups in total. The van der Waals surface area contributed by atoms with E-state index in [1.54, 1.807) is 17.4 Å². The van der Waals surface area contributed by atoms with Gasteiger partial charge in [-0.15, -0.1) is 11.3 Å². The third-order valence-corrected chi connectivity index (χ3v) is 8.57. The molecule has 1 unspecified atom stereocenters. The number of fused-ring (bicyclic) bond motifs is 1. The zero-order valence-electron chi connectivity index (χ0n) is 19.1. The van der Waals surface area contributed by atoms with Crippen molar-refractivity contribution < 1.29 is 27.4 Å². The Labute approximate surface area is 203 Å². The van der Waals surface area contributed by atoms with Gasteiger partial charge in [-0.25, -0.2) is 13.2 Å². The van der Waals surface area contributed by atoms with Crippen molar-refractivity contribution in [3.63, 3.8) is 0 Å². The summed E-state index contributed by atoms with van der Waals surface area (Å²) in [7, 11) is 0.0780. The van der Waals surface area contributed by atoms with Crippen LogP contribution in [0.1, 0.15) is 27.6 Å². The Morgan fingerprint density at radius 1 is 1.09 bits per heavy atom. The molecule has 2 aromatic carbocycles. The van der Waals surface area contributed by atoms with Crippen molar-refractivity contribution in [2.45, 2.75) is 17.4 Å². The Kier molecular flexibility index (Phi) is 7.06. The Morgan fingerprint density at radius 3 is 2.53 bits per heavy atom. The lowest BCUT2D eigenvalue weighted by atomic mass is 9.95. The van der Waals surface area contributed by atoms with E-state index in [-0.39, 0.29) is 16.4 Å². The minimum Gasteiger partial charge on any atom is -0.493 e. The van der Waals surface area contributed by atoms with Gasteiger partial charge in [0, 0.05) is 17.5 Å². The van der Waals surface area contributed by atoms with E-state index in [9.17, 15) is 13.2 Å². The standard InChI is InChI=1S/C25H25NO6S2/c1-30-20-15-17(9-10-23(27)31-2)16-22(25(20)32-3)34(28,29)26-13-11-21-19(12-14-33-21)24(26)18-7-5-4-6-8-18/h4-10,12,14-16,24H,11,13H2,1-3H3/b10-9+. The van der Waals surface area contributed by atoms with E-state index in [2.05, 4.69) is 4.74 Å². The van der Waals surface area contributed by atoms with Crippen LogP contribution in [0.5, 0.6) is 11.5 Å². The summed E-state index contributed by atoms with van der Waals surface area (Å²) in [5.41, 5.74) is 2.34. The van der Waals surface area contributed by atoms with Crippen LogP contribution >= 0.6 is 11.3 Å². The van der Waals surface area contributed by atoms with Gasteiger partial charge in [0.1, 0.15) is 4.90 Å². The van der Waals surface area contributed by atoms with Crippen LogP contribution in [0.15, 0.2) is 64.9 Å². The van der Waals surface area contributed by atoms with E-state index in [1.807, 2.05) is 41.8 Å². The molecule has 2 heterocycles. The molecule has 0 saturated carbocycles. The summed E-state index contributed by atoms with van der Waals surface area (Å²) >= 11 is 1.64. The monoisotopic (exact) mass is 499 g/mol. The van der Waals surface area contributed by atoms with Gasteiger partial charge in [-0.3, -0.25) is 0 Å². The molecule has 0 radical (unpaired) electrons. The second-order valence-corrected chi connectivity index (χ2v) is 10.4. The highest BCUT2D eigenvalue weighted by atomic mass is 32.2. The number of sulfonamides is 1. The largest absolute Gasteiger partial charge is 0.493 e. The Hall–Kier alpha value is -3.14. The van der Waals surface area contributed by atoms with Crippen molar-refractivity contribution in [3.8, 4) is 11.5 Å². The molecule has 0 bridgehead atoms. The first kappa shape index (κ1) is 24.0. The highest BCUT2D eigenvalue weighted by Gasteiger charge is 2.40. The number of rotatable bonds is 7. The number of thiophene rings is 1. The summed E-state index contributed by atoms with van der Waals surface area (Å²) < 4.78 is 45.4. The molecular formula is C25H25NO6S2. The number of hydrogen-bond acceptors (Lipinski definition) is 7. The van der Waals surface area contributed by atoms with Gasteiger partial charge < -0.3 is 14.2 Å². The number of carbonyl (C=O) groups is 1. The van der Waals surface area contributed by atoms with Crippen LogP contribution in [0.2, 0.25) is 0 Å². The summed E-state index contributed by atoms with van der Waals surface area (Å²) in [4.78, 5) is 12.7. The summed E-state index contributed by atoms with van der Waals surface area (Å²) in [5, 5.41) is 2.00. The summed E-state index contributed by atoms with van der Waals surface area (Å²) in [6.07, 6.45) is 3.33. The average molecular weight is 500 g/mol. The number of ether oxygens (including phenoxy) is 3. The quantitative estimate of drug-likeness (QED) is 0.356. The number of benzene rings is 2. The van der Waals surface area contributed by atoms with Gasteiger partial charge in [0.2, 0.25) is 10.0 Å². The highest BCUT2D eigenvalue weighted by molar-refractivity contribution is 7.89. The van der Waals surface area contributed by atoms with Crippen LogP contribution in [0.4, 0.5) is 0 Å². The first-order valence-electron chi connectivity index (χ1n) is 10.6. The zero-order valence-corrected chi connectivity index (χ0v) is 20.7. The minimum atomic E-state index is -4.04. The number of methoxy groups -OCH3 is 3. The first-order valence-corrected chi connectivity index (χ1v) is 12.9. The Morgan fingerprint density at radius 2 is 1.85 bits per heavy atom. The smallest absolute Gasteiger partial charge is 0.330 e. The summed E-state index contributed by atoms with van der Waals surface area (Å²) in [5.74, 6) is -0.192. The second-order valence-electron chi connectivity index (χ2n) is 7.59. The van der Waals surface area contributed by atoms with E-state index in [1.165, 1.54) is 48.7 Å². The van der Waals surface area contributed by atoms with Crippen LogP contribution < -0.4 is 9.47 Å². The van der Waals surface area contributed by atoms with Crippen LogP contribution in [0, 0.1) is 0 Å². The molecular weight excluding hydrogens is 474 g/mol. The lowest BCUT2D eigenvalue weighted by Crippen LogP contribution is -2.40. The van der Waals surface area contributed by atoms with Crippen LogP contribution in [0.25, 0.3) is 6.08 Å². The van der Waals surface area contributed by atoms with Gasteiger partial charge >= 0.3 is 5.97 Å². The molecule has 0 saturated heterocycles. The maximum atomic E-state index is 14.2. The zero-order chi connectivity index (χ0) is 24.3. The van der Waals surface area contributed by atoms with E-state index in [0.717, 1.165) is 11.1 Å². The molecule has 4 rings (SSSR count). The molecule has 34 heavy (non-hydrogen) atoms. The second kappa shape index (κ2) is 10.0. The van der Waals surface area contributed by atoms with Gasteiger partial charge in [-0.2, -0.15) is 4.31 Å². The van der Waals surface area contributed by atoms with Crippen molar-refractivity contribution in [2.24, 2.45) is 0 Å². The fraction of sp³-hybridized carbons (Fsp3) is 0.240. The molecule has 1 aliphatic heterocycles. The molecule has 7 nitrogen and oxygen atoms in total. The van der Waals surface area contributed by atoms with Gasteiger partial charge in [-0.05, 0) is 52.8 Å². The van der Waals surface area contributed by atoms with Gasteiger partial charge in [0.15, 0.2) is 11.5 Å². The molecule has 1 aliphatic rings. The third-order valence-electron chi connectivity index (χ3n) is 5.70. The van der Waals surface area contributed by atoms with Crippen LogP contribution in [0.3, 0.4) is 0 Å². The summed E-state index contributed by atoms with van der Waals surface area (Å²) in [6.45, 7) is 0.323.